The topological polar surface area (TPSA) is 74.3 Å². The van der Waals surface area contributed by atoms with Crippen molar-refractivity contribution in [3.63, 3.8) is 0 Å². The second-order valence-electron chi connectivity index (χ2n) is 6.05. The van der Waals surface area contributed by atoms with Crippen LogP contribution < -0.4 is 10.6 Å². The van der Waals surface area contributed by atoms with Gasteiger partial charge in [-0.05, 0) is 30.4 Å². The fraction of sp³-hybridized carbons (Fsp3) is 0.211. The highest BCUT2D eigenvalue weighted by Crippen LogP contribution is 2.26. The molecule has 7 heteroatoms. The molecule has 0 aliphatic carbocycles. The number of carbonyl (C=O) groups excluding carboxylic acids is 2. The second-order valence-corrected chi connectivity index (χ2v) is 6.94. The average molecular weight is 368 g/mol. The quantitative estimate of drug-likeness (QED) is 0.679. The molecule has 3 aromatic rings. The summed E-state index contributed by atoms with van der Waals surface area (Å²) in [7, 11) is 3.91. The maximum atomic E-state index is 12.1. The molecule has 2 aromatic carbocycles. The number of fused-ring (bicyclic) bond motifs is 1. The number of amides is 2. The van der Waals surface area contributed by atoms with Crippen molar-refractivity contribution in [2.24, 2.45) is 0 Å². The summed E-state index contributed by atoms with van der Waals surface area (Å²) < 4.78 is 0. The van der Waals surface area contributed by atoms with Crippen molar-refractivity contribution in [1.82, 2.24) is 15.2 Å². The molecule has 0 saturated carbocycles. The lowest BCUT2D eigenvalue weighted by Gasteiger charge is -2.26. The number of hydrogen-bond acceptors (Lipinski definition) is 5. The average Bonchev–Trinajstić information content (AvgIpc) is 3.14. The van der Waals surface area contributed by atoms with Crippen molar-refractivity contribution >= 4 is 39.1 Å². The lowest BCUT2D eigenvalue weighted by molar-refractivity contribution is -0.136. The van der Waals surface area contributed by atoms with Crippen molar-refractivity contribution in [3.8, 4) is 0 Å². The molecule has 2 amide bonds. The zero-order valence-electron chi connectivity index (χ0n) is 14.6. The van der Waals surface area contributed by atoms with Gasteiger partial charge in [-0.1, -0.05) is 42.5 Å². The summed E-state index contributed by atoms with van der Waals surface area (Å²) in [6.45, 7) is 0.325. The minimum absolute atomic E-state index is 0.0577. The van der Waals surface area contributed by atoms with E-state index in [-0.39, 0.29) is 6.04 Å². The van der Waals surface area contributed by atoms with Gasteiger partial charge in [-0.25, -0.2) is 4.98 Å². The van der Waals surface area contributed by atoms with Crippen molar-refractivity contribution in [2.45, 2.75) is 6.04 Å². The van der Waals surface area contributed by atoms with E-state index in [9.17, 15) is 9.59 Å². The third kappa shape index (κ3) is 4.07. The number of nitrogens with one attached hydrogen (secondary N) is 2. The predicted molar refractivity (Wildman–Crippen MR) is 104 cm³/mol. The van der Waals surface area contributed by atoms with Gasteiger partial charge in [-0.2, -0.15) is 0 Å². The zero-order chi connectivity index (χ0) is 18.5. The molecule has 0 radical (unpaired) electrons. The molecule has 2 N–H and O–H groups in total. The first kappa shape index (κ1) is 18.0. The van der Waals surface area contributed by atoms with Crippen LogP contribution in [0.1, 0.15) is 11.6 Å². The highest BCUT2D eigenvalue weighted by atomic mass is 32.1. The summed E-state index contributed by atoms with van der Waals surface area (Å²) in [6.07, 6.45) is 1.57. The van der Waals surface area contributed by atoms with E-state index in [4.69, 9.17) is 0 Å². The van der Waals surface area contributed by atoms with Gasteiger partial charge >= 0.3 is 11.8 Å². The Morgan fingerprint density at radius 2 is 1.88 bits per heavy atom. The Morgan fingerprint density at radius 3 is 2.62 bits per heavy atom. The van der Waals surface area contributed by atoms with Crippen LogP contribution in [-0.2, 0) is 9.59 Å². The number of thiazole rings is 1. The van der Waals surface area contributed by atoms with Gasteiger partial charge in [0.05, 0.1) is 6.04 Å². The van der Waals surface area contributed by atoms with E-state index >= 15 is 0 Å². The molecule has 0 aliphatic heterocycles. The molecule has 0 unspecified atom stereocenters. The summed E-state index contributed by atoms with van der Waals surface area (Å²) in [5.74, 6) is -1.39. The maximum Gasteiger partial charge on any atom is 0.315 e. The Hall–Kier alpha value is -2.77. The van der Waals surface area contributed by atoms with E-state index in [1.807, 2.05) is 37.2 Å². The maximum absolute atomic E-state index is 12.1. The number of aromatic nitrogens is 1. The van der Waals surface area contributed by atoms with Gasteiger partial charge in [0.2, 0.25) is 0 Å². The summed E-state index contributed by atoms with van der Waals surface area (Å²) in [6, 6.07) is 14.2. The first-order valence-corrected chi connectivity index (χ1v) is 9.07. The summed E-state index contributed by atoms with van der Waals surface area (Å²) in [5.41, 5.74) is 1.11. The van der Waals surface area contributed by atoms with Crippen molar-refractivity contribution in [2.75, 3.05) is 26.0 Å². The highest BCUT2D eigenvalue weighted by Gasteiger charge is 2.20. The van der Waals surface area contributed by atoms with Crippen molar-refractivity contribution in [3.05, 3.63) is 59.6 Å². The van der Waals surface area contributed by atoms with Crippen molar-refractivity contribution in [1.29, 1.82) is 0 Å². The van der Waals surface area contributed by atoms with Gasteiger partial charge in [0.15, 0.2) is 5.13 Å². The first-order valence-electron chi connectivity index (χ1n) is 8.19. The standard InChI is InChI=1S/C19H20N4O2S/c1-23(2)16(15-9-5-7-13-6-3-4-8-14(13)15)12-21-17(24)18(25)22-19-20-10-11-26-19/h3-11,16H,12H2,1-2H3,(H,21,24)(H,20,22,25)/t16-/m1/s1. The number of benzene rings is 2. The summed E-state index contributed by atoms with van der Waals surface area (Å²) in [4.78, 5) is 30.1. The van der Waals surface area contributed by atoms with E-state index in [1.54, 1.807) is 11.6 Å². The molecular formula is C19H20N4O2S. The van der Waals surface area contributed by atoms with E-state index in [0.29, 0.717) is 11.7 Å². The molecule has 6 nitrogen and oxygen atoms in total. The van der Waals surface area contributed by atoms with Crippen molar-refractivity contribution < 1.29 is 9.59 Å². The van der Waals surface area contributed by atoms with E-state index < -0.39 is 11.8 Å². The number of carbonyl (C=O) groups is 2. The molecule has 0 fully saturated rings. The molecule has 0 aliphatic rings. The van der Waals surface area contributed by atoms with Crippen LogP contribution in [0.25, 0.3) is 10.8 Å². The van der Waals surface area contributed by atoms with Gasteiger partial charge in [-0.3, -0.25) is 14.9 Å². The van der Waals surface area contributed by atoms with E-state index in [2.05, 4.69) is 39.9 Å². The van der Waals surface area contributed by atoms with Crippen LogP contribution in [0.2, 0.25) is 0 Å². The lowest BCUT2D eigenvalue weighted by atomic mass is 9.98. The third-order valence-electron chi connectivity index (χ3n) is 4.12. The molecule has 134 valence electrons. The first-order chi connectivity index (χ1) is 12.6. The van der Waals surface area contributed by atoms with Crippen LogP contribution in [0.5, 0.6) is 0 Å². The van der Waals surface area contributed by atoms with Gasteiger partial charge in [-0.15, -0.1) is 11.3 Å². The summed E-state index contributed by atoms with van der Waals surface area (Å²) >= 11 is 1.26. The molecule has 0 bridgehead atoms. The molecule has 1 aromatic heterocycles. The molecule has 0 spiro atoms. The Morgan fingerprint density at radius 1 is 1.12 bits per heavy atom. The largest absolute Gasteiger partial charge is 0.346 e. The van der Waals surface area contributed by atoms with Crippen LogP contribution in [-0.4, -0.2) is 42.3 Å². The van der Waals surface area contributed by atoms with Gasteiger partial charge in [0.1, 0.15) is 0 Å². The fourth-order valence-electron chi connectivity index (χ4n) is 2.82. The van der Waals surface area contributed by atoms with Gasteiger partial charge in [0.25, 0.3) is 0 Å². The summed E-state index contributed by atoms with van der Waals surface area (Å²) in [5, 5.41) is 9.63. The van der Waals surface area contributed by atoms with Crippen LogP contribution >= 0.6 is 11.3 Å². The van der Waals surface area contributed by atoms with Crippen LogP contribution in [0.3, 0.4) is 0 Å². The molecule has 3 rings (SSSR count). The minimum Gasteiger partial charge on any atom is -0.346 e. The molecule has 0 saturated heterocycles. The highest BCUT2D eigenvalue weighted by molar-refractivity contribution is 7.13. The second kappa shape index (κ2) is 8.07. The molecule has 26 heavy (non-hydrogen) atoms. The number of nitrogens with zero attached hydrogens (tertiary/aromatic N) is 2. The number of likely N-dealkylation sites (N-methyl/N-ethyl adjacent to an activating group) is 1. The Balaban J connectivity index is 1.72. The van der Waals surface area contributed by atoms with Gasteiger partial charge in [0, 0.05) is 18.1 Å². The molecule has 1 heterocycles. The number of rotatable bonds is 5. The normalized spacial score (nSPS) is 12.1. The monoisotopic (exact) mass is 368 g/mol. The zero-order valence-corrected chi connectivity index (χ0v) is 15.4. The lowest BCUT2D eigenvalue weighted by Crippen LogP contribution is -2.40. The number of anilines is 1. The van der Waals surface area contributed by atoms with Crippen LogP contribution in [0, 0.1) is 0 Å². The third-order valence-corrected chi connectivity index (χ3v) is 4.81. The number of hydrogen-bond donors (Lipinski definition) is 2. The van der Waals surface area contributed by atoms with E-state index in [0.717, 1.165) is 16.3 Å². The molecular weight excluding hydrogens is 348 g/mol. The molecule has 1 atom stereocenters. The smallest absolute Gasteiger partial charge is 0.315 e. The van der Waals surface area contributed by atoms with Crippen LogP contribution in [0.4, 0.5) is 5.13 Å². The SMILES string of the molecule is CN(C)[C@H](CNC(=O)C(=O)Nc1nccs1)c1cccc2ccccc12. The van der Waals surface area contributed by atoms with E-state index in [1.165, 1.54) is 11.3 Å². The van der Waals surface area contributed by atoms with Crippen LogP contribution in [0.15, 0.2) is 54.0 Å². The minimum atomic E-state index is -0.713. The van der Waals surface area contributed by atoms with Gasteiger partial charge < -0.3 is 10.2 Å². The Kier molecular flexibility index (Phi) is 5.60. The Labute approximate surface area is 155 Å². The predicted octanol–water partition coefficient (Wildman–Crippen LogP) is 2.65. The fourth-order valence-corrected chi connectivity index (χ4v) is 3.34. The Bertz CT molecular complexity index is 904.